The molecule has 0 saturated heterocycles. The lowest BCUT2D eigenvalue weighted by molar-refractivity contribution is 0.00718. The van der Waals surface area contributed by atoms with Crippen molar-refractivity contribution in [1.29, 1.82) is 0 Å². The van der Waals surface area contributed by atoms with E-state index < -0.39 is 0 Å². The van der Waals surface area contributed by atoms with Gasteiger partial charge in [0.15, 0.2) is 0 Å². The lowest BCUT2D eigenvalue weighted by atomic mass is 9.88. The van der Waals surface area contributed by atoms with E-state index in [1.54, 1.807) is 7.11 Å². The smallest absolute Gasteiger partial charge is 0.228 e. The van der Waals surface area contributed by atoms with Crippen LogP contribution in [0, 0.1) is 5.41 Å². The van der Waals surface area contributed by atoms with Gasteiger partial charge in [-0.05, 0) is 19.4 Å². The van der Waals surface area contributed by atoms with Crippen LogP contribution >= 0.6 is 0 Å². The van der Waals surface area contributed by atoms with Crippen LogP contribution in [0.3, 0.4) is 0 Å². The molecule has 1 aromatic heterocycles. The Hall–Kier alpha value is -0.940. The van der Waals surface area contributed by atoms with Gasteiger partial charge in [0.05, 0.1) is 0 Å². The molecule has 0 spiro atoms. The fourth-order valence-electron chi connectivity index (χ4n) is 1.67. The Balaban J connectivity index is 2.79. The fraction of sp³-hybridized carbons (Fsp3) is 0.833. The molecular formula is C12H23N3O2. The third kappa shape index (κ3) is 3.78. The van der Waals surface area contributed by atoms with Crippen molar-refractivity contribution in [3.8, 4) is 0 Å². The van der Waals surface area contributed by atoms with Gasteiger partial charge in [0.2, 0.25) is 11.7 Å². The van der Waals surface area contributed by atoms with Crippen molar-refractivity contribution in [2.45, 2.75) is 46.3 Å². The molecule has 0 amide bonds. The summed E-state index contributed by atoms with van der Waals surface area (Å²) in [5, 5.41) is 7.14. The van der Waals surface area contributed by atoms with Crippen molar-refractivity contribution in [3.63, 3.8) is 0 Å². The van der Waals surface area contributed by atoms with Crippen LogP contribution in [0.2, 0.25) is 0 Å². The summed E-state index contributed by atoms with van der Waals surface area (Å²) in [6.45, 7) is 8.34. The van der Waals surface area contributed by atoms with Crippen LogP contribution in [0.1, 0.15) is 45.5 Å². The van der Waals surface area contributed by atoms with Crippen LogP contribution in [0.25, 0.3) is 0 Å². The van der Waals surface area contributed by atoms with Gasteiger partial charge in [0, 0.05) is 19.6 Å². The van der Waals surface area contributed by atoms with Crippen LogP contribution in [0.5, 0.6) is 0 Å². The largest absolute Gasteiger partial charge is 0.373 e. The number of nitrogens with one attached hydrogen (secondary N) is 1. The maximum absolute atomic E-state index is 5.44. The topological polar surface area (TPSA) is 60.2 Å². The minimum absolute atomic E-state index is 0.0511. The molecule has 0 radical (unpaired) electrons. The van der Waals surface area contributed by atoms with Crippen LogP contribution in [0.4, 0.5) is 0 Å². The molecule has 98 valence electrons. The second-order valence-electron chi connectivity index (χ2n) is 5.42. The Labute approximate surface area is 103 Å². The molecule has 1 N–H and O–H groups in total. The van der Waals surface area contributed by atoms with Gasteiger partial charge >= 0.3 is 0 Å². The van der Waals surface area contributed by atoms with Gasteiger partial charge in [0.1, 0.15) is 6.10 Å². The molecule has 0 bridgehead atoms. The van der Waals surface area contributed by atoms with E-state index in [9.17, 15) is 0 Å². The molecule has 0 aliphatic rings. The van der Waals surface area contributed by atoms with Crippen molar-refractivity contribution < 1.29 is 9.26 Å². The van der Waals surface area contributed by atoms with Crippen molar-refractivity contribution in [2.24, 2.45) is 5.41 Å². The molecule has 1 rings (SSSR count). The van der Waals surface area contributed by atoms with E-state index in [0.717, 1.165) is 6.42 Å². The first-order valence-electron chi connectivity index (χ1n) is 5.91. The Morgan fingerprint density at radius 3 is 2.53 bits per heavy atom. The molecule has 0 aromatic carbocycles. The molecule has 17 heavy (non-hydrogen) atoms. The molecule has 5 nitrogen and oxygen atoms in total. The number of hydrogen-bond acceptors (Lipinski definition) is 5. The molecular weight excluding hydrogens is 218 g/mol. The van der Waals surface area contributed by atoms with Gasteiger partial charge in [-0.25, -0.2) is 0 Å². The van der Waals surface area contributed by atoms with Crippen molar-refractivity contribution in [2.75, 3.05) is 14.2 Å². The summed E-state index contributed by atoms with van der Waals surface area (Å²) in [6.07, 6.45) is 0.578. The van der Waals surface area contributed by atoms with E-state index in [1.807, 2.05) is 7.05 Å². The first kappa shape index (κ1) is 14.1. The van der Waals surface area contributed by atoms with E-state index in [-0.39, 0.29) is 11.5 Å². The number of rotatable bonds is 5. The van der Waals surface area contributed by atoms with E-state index in [1.165, 1.54) is 0 Å². The normalized spacial score (nSPS) is 15.9. The first-order chi connectivity index (χ1) is 7.88. The third-order valence-electron chi connectivity index (χ3n) is 2.71. The quantitative estimate of drug-likeness (QED) is 0.853. The molecule has 0 saturated carbocycles. The maximum atomic E-state index is 5.44. The number of hydrogen-bond donors (Lipinski definition) is 1. The highest BCUT2D eigenvalue weighted by Crippen LogP contribution is 2.33. The molecule has 0 aliphatic heterocycles. The zero-order chi connectivity index (χ0) is 13.1. The number of ether oxygens (including phenoxy) is 1. The lowest BCUT2D eigenvalue weighted by Crippen LogP contribution is -2.24. The van der Waals surface area contributed by atoms with Crippen molar-refractivity contribution >= 4 is 0 Å². The zero-order valence-corrected chi connectivity index (χ0v) is 11.6. The summed E-state index contributed by atoms with van der Waals surface area (Å²) in [5.41, 5.74) is -0.0511. The highest BCUT2D eigenvalue weighted by atomic mass is 16.5. The van der Waals surface area contributed by atoms with Crippen LogP contribution in [-0.2, 0) is 11.2 Å². The van der Waals surface area contributed by atoms with E-state index >= 15 is 0 Å². The van der Waals surface area contributed by atoms with E-state index in [0.29, 0.717) is 17.8 Å². The average molecular weight is 241 g/mol. The second-order valence-corrected chi connectivity index (χ2v) is 5.42. The van der Waals surface area contributed by atoms with Gasteiger partial charge in [-0.2, -0.15) is 4.98 Å². The average Bonchev–Trinajstić information content (AvgIpc) is 2.65. The molecule has 1 aromatic rings. The minimum Gasteiger partial charge on any atom is -0.373 e. The van der Waals surface area contributed by atoms with Crippen LogP contribution in [0.15, 0.2) is 4.52 Å². The Morgan fingerprint density at radius 2 is 2.06 bits per heavy atom. The highest BCUT2D eigenvalue weighted by Gasteiger charge is 2.30. The standard InChI is InChI=1S/C12H23N3O2/c1-8(13-5)7-9-14-11(15-17-9)10(16-6)12(2,3)4/h8,10,13H,7H2,1-6H3. The van der Waals surface area contributed by atoms with E-state index in [4.69, 9.17) is 9.26 Å². The molecule has 0 fully saturated rings. The summed E-state index contributed by atoms with van der Waals surface area (Å²) in [7, 11) is 3.58. The Kier molecular flexibility index (Phi) is 4.65. The lowest BCUT2D eigenvalue weighted by Gasteiger charge is -2.26. The second kappa shape index (κ2) is 5.60. The van der Waals surface area contributed by atoms with Gasteiger partial charge < -0.3 is 14.6 Å². The highest BCUT2D eigenvalue weighted by molar-refractivity contribution is 4.97. The number of aromatic nitrogens is 2. The van der Waals surface area contributed by atoms with Crippen LogP contribution < -0.4 is 5.32 Å². The molecule has 2 unspecified atom stereocenters. The van der Waals surface area contributed by atoms with Gasteiger partial charge in [-0.1, -0.05) is 25.9 Å². The zero-order valence-electron chi connectivity index (χ0n) is 11.6. The monoisotopic (exact) mass is 241 g/mol. The predicted molar refractivity (Wildman–Crippen MR) is 65.7 cm³/mol. The predicted octanol–water partition coefficient (Wildman–Crippen LogP) is 1.95. The summed E-state index contributed by atoms with van der Waals surface area (Å²) >= 11 is 0. The van der Waals surface area contributed by atoms with Crippen LogP contribution in [-0.4, -0.2) is 30.3 Å². The summed E-state index contributed by atoms with van der Waals surface area (Å²) in [5.74, 6) is 1.27. The van der Waals surface area contributed by atoms with E-state index in [2.05, 4.69) is 43.2 Å². The third-order valence-corrected chi connectivity index (χ3v) is 2.71. The molecule has 5 heteroatoms. The first-order valence-corrected chi connectivity index (χ1v) is 5.91. The fourth-order valence-corrected chi connectivity index (χ4v) is 1.67. The van der Waals surface area contributed by atoms with Gasteiger partial charge in [-0.3, -0.25) is 0 Å². The number of methoxy groups -OCH3 is 1. The van der Waals surface area contributed by atoms with Crippen molar-refractivity contribution in [1.82, 2.24) is 15.5 Å². The molecule has 0 aliphatic carbocycles. The molecule has 2 atom stereocenters. The van der Waals surface area contributed by atoms with Gasteiger partial charge in [0.25, 0.3) is 0 Å². The SMILES string of the molecule is CNC(C)Cc1nc(C(OC)C(C)(C)C)no1. The maximum Gasteiger partial charge on any atom is 0.228 e. The van der Waals surface area contributed by atoms with Crippen molar-refractivity contribution in [3.05, 3.63) is 11.7 Å². The minimum atomic E-state index is -0.148. The number of likely N-dealkylation sites (N-methyl/N-ethyl adjacent to an activating group) is 1. The number of nitrogens with zero attached hydrogens (tertiary/aromatic N) is 2. The summed E-state index contributed by atoms with van der Waals surface area (Å²) in [4.78, 5) is 4.39. The van der Waals surface area contributed by atoms with Gasteiger partial charge in [-0.15, -0.1) is 0 Å². The Bertz CT molecular complexity index is 344. The summed E-state index contributed by atoms with van der Waals surface area (Å²) < 4.78 is 10.7. The summed E-state index contributed by atoms with van der Waals surface area (Å²) in [6, 6.07) is 0.318. The molecule has 1 heterocycles. The Morgan fingerprint density at radius 1 is 1.41 bits per heavy atom.